The van der Waals surface area contributed by atoms with Gasteiger partial charge in [0.25, 0.3) is 0 Å². The molecule has 10 atom stereocenters. The first-order valence-corrected chi connectivity index (χ1v) is 20.5. The van der Waals surface area contributed by atoms with Crippen LogP contribution in [-0.4, -0.2) is 43.5 Å². The van der Waals surface area contributed by atoms with Crippen LogP contribution in [0, 0.1) is 56.7 Å². The lowest BCUT2D eigenvalue weighted by molar-refractivity contribution is -0.248. The van der Waals surface area contributed by atoms with Gasteiger partial charge in [0.1, 0.15) is 6.10 Å². The molecule has 0 radical (unpaired) electrons. The highest BCUT2D eigenvalue weighted by molar-refractivity contribution is 5.89. The van der Waals surface area contributed by atoms with Gasteiger partial charge < -0.3 is 20.1 Å². The Kier molecular flexibility index (Phi) is 10.8. The summed E-state index contributed by atoms with van der Waals surface area (Å²) in [6.07, 6.45) is 11.5. The Morgan fingerprint density at radius 1 is 0.811 bits per heavy atom. The number of ether oxygens (including phenoxy) is 2. The molecule has 0 bridgehead atoms. The summed E-state index contributed by atoms with van der Waals surface area (Å²) >= 11 is 0. The van der Waals surface area contributed by atoms with Gasteiger partial charge >= 0.3 is 11.9 Å². The molecule has 53 heavy (non-hydrogen) atoms. The van der Waals surface area contributed by atoms with Crippen molar-refractivity contribution in [3.63, 3.8) is 0 Å². The molecule has 6 rings (SSSR count). The van der Waals surface area contributed by atoms with Crippen LogP contribution in [0.5, 0.6) is 0 Å². The van der Waals surface area contributed by atoms with Crippen molar-refractivity contribution in [3.05, 3.63) is 47.5 Å². The van der Waals surface area contributed by atoms with E-state index in [1.54, 1.807) is 19.1 Å². The van der Waals surface area contributed by atoms with Gasteiger partial charge in [0.2, 0.25) is 11.8 Å². The molecular formula is C45H66N2O6. The number of esters is 2. The number of methoxy groups -OCH3 is 1. The van der Waals surface area contributed by atoms with Gasteiger partial charge in [0.15, 0.2) is 0 Å². The molecule has 2 amide bonds. The molecule has 0 saturated heterocycles. The average Bonchev–Trinajstić information content (AvgIpc) is 3.52. The van der Waals surface area contributed by atoms with Gasteiger partial charge in [-0.1, -0.05) is 58.9 Å². The number of hydrogen-bond acceptors (Lipinski definition) is 6. The van der Waals surface area contributed by atoms with Crippen molar-refractivity contribution in [3.8, 4) is 0 Å². The summed E-state index contributed by atoms with van der Waals surface area (Å²) in [5.74, 6) is 1.79. The summed E-state index contributed by atoms with van der Waals surface area (Å²) in [7, 11) is 1.35. The molecule has 0 heterocycles. The summed E-state index contributed by atoms with van der Waals surface area (Å²) < 4.78 is 10.7. The molecule has 0 spiro atoms. The lowest BCUT2D eigenvalue weighted by atomic mass is 9.32. The Balaban J connectivity index is 1.12. The fourth-order valence-corrected chi connectivity index (χ4v) is 13.7. The van der Waals surface area contributed by atoms with Crippen molar-refractivity contribution < 1.29 is 28.7 Å². The third kappa shape index (κ3) is 6.56. The van der Waals surface area contributed by atoms with Crippen molar-refractivity contribution in [2.75, 3.05) is 13.7 Å². The molecular weight excluding hydrogens is 665 g/mol. The highest BCUT2D eigenvalue weighted by Gasteiger charge is 2.72. The third-order valence-electron chi connectivity index (χ3n) is 16.5. The zero-order valence-electron chi connectivity index (χ0n) is 33.8. The Hall–Kier alpha value is -3.16. The Morgan fingerprint density at radius 3 is 2.19 bits per heavy atom. The maximum atomic E-state index is 14.5. The minimum Gasteiger partial charge on any atom is -0.465 e. The predicted octanol–water partition coefficient (Wildman–Crippen LogP) is 8.58. The van der Waals surface area contributed by atoms with Crippen molar-refractivity contribution in [2.24, 2.45) is 56.7 Å². The average molecular weight is 731 g/mol. The van der Waals surface area contributed by atoms with Crippen LogP contribution in [-0.2, 0) is 30.4 Å². The second-order valence-corrected chi connectivity index (χ2v) is 19.1. The molecule has 5 aliphatic rings. The van der Waals surface area contributed by atoms with E-state index in [1.807, 2.05) is 12.1 Å². The van der Waals surface area contributed by atoms with Crippen molar-refractivity contribution in [1.29, 1.82) is 0 Å². The summed E-state index contributed by atoms with van der Waals surface area (Å²) in [5, 5.41) is 6.31. The highest BCUT2D eigenvalue weighted by Crippen LogP contribution is 2.77. The van der Waals surface area contributed by atoms with Gasteiger partial charge in [-0.3, -0.25) is 14.4 Å². The van der Waals surface area contributed by atoms with Gasteiger partial charge in [0.05, 0.1) is 18.1 Å². The molecule has 1 unspecified atom stereocenters. The summed E-state index contributed by atoms with van der Waals surface area (Å²) in [6, 6.07) is 7.02. The van der Waals surface area contributed by atoms with E-state index in [2.05, 4.69) is 58.8 Å². The lowest BCUT2D eigenvalue weighted by Gasteiger charge is -2.72. The number of amides is 2. The molecule has 5 fully saturated rings. The molecule has 0 aromatic heterocycles. The zero-order chi connectivity index (χ0) is 38.6. The number of allylic oxidation sites excluding steroid dienone is 1. The fourth-order valence-electron chi connectivity index (χ4n) is 13.7. The van der Waals surface area contributed by atoms with Crippen molar-refractivity contribution in [2.45, 2.75) is 138 Å². The number of carbonyl (C=O) groups excluding carboxylic acids is 4. The highest BCUT2D eigenvalue weighted by atomic mass is 16.5. The van der Waals surface area contributed by atoms with Crippen LogP contribution in [0.25, 0.3) is 0 Å². The standard InChI is InChI=1S/C45H66N2O6/c1-28(2)32-18-23-45(40(51)46-26-10-11-37(49)47-27-30-12-14-31(15-13-30)39(50)52-9)25-24-43(7)33(38(32)45)16-17-35-42(6)21-20-36(53-29(3)48)41(4,5)34(42)19-22-44(35,43)8/h12-15,32-36,38H,1,10-11,16-27H2,2-9H3,(H,46,51)(H,47,49)/t32-,33+,34-,35?,36-,38+,42-,43+,44+,45-/m0/s1. The molecule has 2 N–H and O–H groups in total. The molecule has 292 valence electrons. The molecule has 0 aliphatic heterocycles. The number of benzene rings is 1. The van der Waals surface area contributed by atoms with Crippen LogP contribution < -0.4 is 10.6 Å². The Bertz CT molecular complexity index is 1600. The van der Waals surface area contributed by atoms with Gasteiger partial charge in [-0.25, -0.2) is 4.79 Å². The Labute approximate surface area is 318 Å². The fraction of sp³-hybridized carbons (Fsp3) is 0.733. The van der Waals surface area contributed by atoms with E-state index in [0.717, 1.165) is 56.9 Å². The third-order valence-corrected chi connectivity index (χ3v) is 16.5. The van der Waals surface area contributed by atoms with Crippen LogP contribution in [0.1, 0.15) is 141 Å². The van der Waals surface area contributed by atoms with Crippen molar-refractivity contribution >= 4 is 23.8 Å². The van der Waals surface area contributed by atoms with E-state index >= 15 is 0 Å². The van der Waals surface area contributed by atoms with Gasteiger partial charge in [-0.15, -0.1) is 0 Å². The van der Waals surface area contributed by atoms with Gasteiger partial charge in [0, 0.05) is 31.8 Å². The van der Waals surface area contributed by atoms with E-state index in [9.17, 15) is 19.2 Å². The lowest BCUT2D eigenvalue weighted by Crippen LogP contribution is -2.67. The number of fused-ring (bicyclic) bond motifs is 7. The maximum absolute atomic E-state index is 14.5. The predicted molar refractivity (Wildman–Crippen MR) is 206 cm³/mol. The number of carbonyl (C=O) groups is 4. The minimum absolute atomic E-state index is 0.0223. The zero-order valence-corrected chi connectivity index (χ0v) is 33.8. The number of nitrogens with one attached hydrogen (secondary N) is 2. The molecule has 5 aliphatic carbocycles. The molecule has 8 heteroatoms. The van der Waals surface area contributed by atoms with E-state index in [-0.39, 0.29) is 62.8 Å². The first-order valence-electron chi connectivity index (χ1n) is 20.5. The SMILES string of the molecule is C=C(C)[C@@H]1CC[C@]2(C(=O)NCCCC(=O)NCc3ccc(C(=O)OC)cc3)CC[C@]3(C)[C@H](CCC4[C@@]5(C)CC[C@H](OC(C)=O)C(C)(C)[C@@H]5CC[C@]43C)[C@@H]12. The van der Waals surface area contributed by atoms with E-state index in [1.165, 1.54) is 25.5 Å². The molecule has 8 nitrogen and oxygen atoms in total. The van der Waals surface area contributed by atoms with Crippen LogP contribution >= 0.6 is 0 Å². The van der Waals surface area contributed by atoms with Crippen LogP contribution in [0.2, 0.25) is 0 Å². The molecule has 1 aromatic rings. The van der Waals surface area contributed by atoms with Crippen LogP contribution in [0.4, 0.5) is 0 Å². The smallest absolute Gasteiger partial charge is 0.337 e. The monoisotopic (exact) mass is 730 g/mol. The first-order chi connectivity index (χ1) is 24.9. The largest absolute Gasteiger partial charge is 0.465 e. The van der Waals surface area contributed by atoms with Gasteiger partial charge in [-0.05, 0) is 141 Å². The quantitative estimate of drug-likeness (QED) is 0.142. The van der Waals surface area contributed by atoms with E-state index in [4.69, 9.17) is 9.47 Å². The number of rotatable bonds is 10. The summed E-state index contributed by atoms with van der Waals surface area (Å²) in [6.45, 7) is 21.6. The van der Waals surface area contributed by atoms with Crippen LogP contribution in [0.3, 0.4) is 0 Å². The van der Waals surface area contributed by atoms with E-state index < -0.39 is 0 Å². The molecule has 1 aromatic carbocycles. The van der Waals surface area contributed by atoms with Gasteiger partial charge in [-0.2, -0.15) is 0 Å². The van der Waals surface area contributed by atoms with E-state index in [0.29, 0.717) is 55.2 Å². The normalized spacial score (nSPS) is 38.2. The van der Waals surface area contributed by atoms with Crippen LogP contribution in [0.15, 0.2) is 36.4 Å². The molecule has 5 saturated carbocycles. The summed E-state index contributed by atoms with van der Waals surface area (Å²) in [4.78, 5) is 50.9. The summed E-state index contributed by atoms with van der Waals surface area (Å²) in [5.41, 5.74) is 2.65. The topological polar surface area (TPSA) is 111 Å². The second-order valence-electron chi connectivity index (χ2n) is 19.1. The minimum atomic E-state index is -0.388. The Morgan fingerprint density at radius 2 is 1.53 bits per heavy atom. The first kappa shape index (κ1) is 39.5. The maximum Gasteiger partial charge on any atom is 0.337 e. The second kappa shape index (κ2) is 14.5. The number of hydrogen-bond donors (Lipinski definition) is 2. The van der Waals surface area contributed by atoms with Crippen molar-refractivity contribution in [1.82, 2.24) is 10.6 Å².